The van der Waals surface area contributed by atoms with Crippen molar-refractivity contribution in [2.75, 3.05) is 0 Å². The van der Waals surface area contributed by atoms with Crippen LogP contribution in [-0.2, 0) is 0 Å². The molecule has 0 fully saturated rings. The van der Waals surface area contributed by atoms with Crippen LogP contribution in [0.1, 0.15) is 16.7 Å². The molecule has 0 aliphatic carbocycles. The highest BCUT2D eigenvalue weighted by atomic mass is 79.9. The Bertz CT molecular complexity index is 1270. The van der Waals surface area contributed by atoms with Crippen LogP contribution in [0.15, 0.2) is 51.7 Å². The number of rotatable bonds is 2. The maximum Gasteiger partial charge on any atom is 0.273 e. The largest absolute Gasteiger partial charge is 0.273 e. The molecule has 27 heavy (non-hydrogen) atoms. The highest BCUT2D eigenvalue weighted by molar-refractivity contribution is 9.10. The van der Waals surface area contributed by atoms with Crippen molar-refractivity contribution in [3.63, 3.8) is 0 Å². The predicted molar refractivity (Wildman–Crippen MR) is 111 cm³/mol. The van der Waals surface area contributed by atoms with Gasteiger partial charge in [-0.3, -0.25) is 9.36 Å². The van der Waals surface area contributed by atoms with Gasteiger partial charge in [0.05, 0.1) is 10.2 Å². The van der Waals surface area contributed by atoms with Crippen LogP contribution >= 0.6 is 27.3 Å². The average molecular weight is 436 g/mol. The second-order valence-corrected chi connectivity index (χ2v) is 7.94. The van der Waals surface area contributed by atoms with Crippen LogP contribution in [0.5, 0.6) is 0 Å². The Kier molecular flexibility index (Phi) is 5.41. The van der Waals surface area contributed by atoms with E-state index in [4.69, 9.17) is 0 Å². The second-order valence-electron chi connectivity index (χ2n) is 6.00. The van der Waals surface area contributed by atoms with Gasteiger partial charge < -0.3 is 0 Å². The van der Waals surface area contributed by atoms with Gasteiger partial charge in [0, 0.05) is 4.47 Å². The molecule has 0 aliphatic rings. The van der Waals surface area contributed by atoms with Gasteiger partial charge in [-0.05, 0) is 49.2 Å². The third-order valence-electron chi connectivity index (χ3n) is 4.02. The summed E-state index contributed by atoms with van der Waals surface area (Å²) in [5.41, 5.74) is 3.20. The molecule has 0 saturated carbocycles. The molecule has 1 heterocycles. The number of nitriles is 2. The molecule has 2 aromatic carbocycles. The van der Waals surface area contributed by atoms with Crippen LogP contribution in [0.4, 0.5) is 0 Å². The fourth-order valence-corrected chi connectivity index (χ4v) is 4.07. The zero-order valence-corrected chi connectivity index (χ0v) is 17.1. The van der Waals surface area contributed by atoms with Crippen LogP contribution < -0.4 is 14.8 Å². The molecule has 0 saturated heterocycles. The van der Waals surface area contributed by atoms with E-state index in [1.807, 2.05) is 68.5 Å². The van der Waals surface area contributed by atoms with Gasteiger partial charge in [-0.1, -0.05) is 45.8 Å². The summed E-state index contributed by atoms with van der Waals surface area (Å²) in [6.45, 7) is 3.88. The molecule has 3 aromatic rings. The Morgan fingerprint density at radius 1 is 1.11 bits per heavy atom. The van der Waals surface area contributed by atoms with Crippen LogP contribution in [0, 0.1) is 36.5 Å². The smallest absolute Gasteiger partial charge is 0.267 e. The third-order valence-corrected chi connectivity index (χ3v) is 5.64. The Balaban J connectivity index is 2.40. The monoisotopic (exact) mass is 435 g/mol. The van der Waals surface area contributed by atoms with E-state index in [0.29, 0.717) is 14.9 Å². The number of aromatic nitrogens is 1. The van der Waals surface area contributed by atoms with Gasteiger partial charge in [-0.15, -0.1) is 11.3 Å². The van der Waals surface area contributed by atoms with E-state index in [9.17, 15) is 15.3 Å². The summed E-state index contributed by atoms with van der Waals surface area (Å²) in [5.74, 6) is 0. The summed E-state index contributed by atoms with van der Waals surface area (Å²) < 4.78 is 3.23. The van der Waals surface area contributed by atoms with Gasteiger partial charge in [0.2, 0.25) is 0 Å². The number of halogens is 1. The van der Waals surface area contributed by atoms with Crippen molar-refractivity contribution in [1.82, 2.24) is 4.57 Å². The van der Waals surface area contributed by atoms with Crippen molar-refractivity contribution >= 4 is 38.9 Å². The van der Waals surface area contributed by atoms with E-state index in [1.54, 1.807) is 6.08 Å². The summed E-state index contributed by atoms with van der Waals surface area (Å²) in [6, 6.07) is 17.1. The van der Waals surface area contributed by atoms with E-state index < -0.39 is 0 Å². The molecule has 0 radical (unpaired) electrons. The van der Waals surface area contributed by atoms with Crippen molar-refractivity contribution in [1.29, 1.82) is 10.5 Å². The summed E-state index contributed by atoms with van der Waals surface area (Å²) >= 11 is 4.54. The lowest BCUT2D eigenvalue weighted by atomic mass is 10.1. The lowest BCUT2D eigenvalue weighted by molar-refractivity contribution is 0.973. The maximum atomic E-state index is 13.1. The van der Waals surface area contributed by atoms with Crippen LogP contribution in [0.3, 0.4) is 0 Å². The first-order chi connectivity index (χ1) is 12.9. The van der Waals surface area contributed by atoms with Crippen molar-refractivity contribution in [3.8, 4) is 17.8 Å². The molecular weight excluding hydrogens is 422 g/mol. The van der Waals surface area contributed by atoms with E-state index in [2.05, 4.69) is 15.9 Å². The Hall–Kier alpha value is -2.93. The molecule has 0 aliphatic heterocycles. The van der Waals surface area contributed by atoms with Gasteiger partial charge in [-0.25, -0.2) is 0 Å². The van der Waals surface area contributed by atoms with E-state index in [-0.39, 0.29) is 11.1 Å². The molecule has 6 heteroatoms. The van der Waals surface area contributed by atoms with E-state index in [1.165, 1.54) is 4.57 Å². The van der Waals surface area contributed by atoms with Crippen molar-refractivity contribution < 1.29 is 0 Å². The third kappa shape index (κ3) is 3.78. The number of hydrogen-bond donors (Lipinski definition) is 0. The Morgan fingerprint density at radius 2 is 1.78 bits per heavy atom. The zero-order valence-electron chi connectivity index (χ0n) is 14.7. The van der Waals surface area contributed by atoms with E-state index in [0.717, 1.165) is 32.5 Å². The average Bonchev–Trinajstić information content (AvgIpc) is 2.95. The fourth-order valence-electron chi connectivity index (χ4n) is 2.76. The van der Waals surface area contributed by atoms with Crippen molar-refractivity contribution in [3.05, 3.63) is 83.2 Å². The molecule has 0 spiro atoms. The fraction of sp³-hybridized carbons (Fsp3) is 0.0952. The second kappa shape index (κ2) is 7.75. The number of benzene rings is 2. The van der Waals surface area contributed by atoms with Crippen molar-refractivity contribution in [2.24, 2.45) is 0 Å². The topological polar surface area (TPSA) is 69.6 Å². The molecule has 0 atom stereocenters. The molecule has 132 valence electrons. The number of hydrogen-bond acceptors (Lipinski definition) is 4. The minimum absolute atomic E-state index is 0.0764. The van der Waals surface area contributed by atoms with Gasteiger partial charge >= 0.3 is 0 Å². The van der Waals surface area contributed by atoms with Crippen LogP contribution in [0.2, 0.25) is 0 Å². The Morgan fingerprint density at radius 3 is 2.37 bits per heavy atom. The quantitative estimate of drug-likeness (QED) is 0.619. The summed E-state index contributed by atoms with van der Waals surface area (Å²) in [6.07, 6.45) is 1.77. The normalized spacial score (nSPS) is 11.1. The zero-order chi connectivity index (χ0) is 19.6. The van der Waals surface area contributed by atoms with Gasteiger partial charge in [0.15, 0.2) is 5.57 Å². The summed E-state index contributed by atoms with van der Waals surface area (Å²) in [7, 11) is 0. The maximum absolute atomic E-state index is 13.1. The lowest BCUT2D eigenvalue weighted by Crippen LogP contribution is -2.31. The molecule has 0 unspecified atom stereocenters. The van der Waals surface area contributed by atoms with E-state index >= 15 is 0 Å². The van der Waals surface area contributed by atoms with Gasteiger partial charge in [0.1, 0.15) is 16.8 Å². The molecular formula is C21H14BrN3OS. The van der Waals surface area contributed by atoms with Crippen LogP contribution in [-0.4, -0.2) is 4.57 Å². The number of aryl methyl sites for hydroxylation is 2. The Labute approximate surface area is 168 Å². The number of nitrogens with zero attached hydrogens (tertiary/aromatic N) is 3. The van der Waals surface area contributed by atoms with Gasteiger partial charge in [0.25, 0.3) is 5.56 Å². The minimum atomic E-state index is -0.243. The number of thiazole rings is 1. The highest BCUT2D eigenvalue weighted by Gasteiger charge is 2.13. The molecule has 3 rings (SSSR count). The molecule has 0 bridgehead atoms. The standard InChI is InChI=1S/C21H14BrN3OS/c1-13-3-8-18(14(2)9-13)25-20(26)19(27-21(25)16(11-23)12-24)10-15-4-6-17(22)7-5-15/h3-10H,1-2H3. The molecule has 0 N–H and O–H groups in total. The molecule has 1 aromatic heterocycles. The van der Waals surface area contributed by atoms with Crippen molar-refractivity contribution in [2.45, 2.75) is 13.8 Å². The first-order valence-corrected chi connectivity index (χ1v) is 9.67. The summed E-state index contributed by atoms with van der Waals surface area (Å²) in [4.78, 5) is 13.1. The summed E-state index contributed by atoms with van der Waals surface area (Å²) in [5, 5.41) is 18.7. The first kappa shape index (κ1) is 18.8. The predicted octanol–water partition coefficient (Wildman–Crippen LogP) is 3.31. The first-order valence-electron chi connectivity index (χ1n) is 8.06. The van der Waals surface area contributed by atoms with Gasteiger partial charge in [-0.2, -0.15) is 10.5 Å². The SMILES string of the molecule is Cc1ccc(-n2c(=C(C#N)C#N)sc(=Cc3ccc(Br)cc3)c2=O)c(C)c1. The highest BCUT2D eigenvalue weighted by Crippen LogP contribution is 2.14. The van der Waals surface area contributed by atoms with Crippen LogP contribution in [0.25, 0.3) is 17.3 Å². The molecule has 4 nitrogen and oxygen atoms in total. The molecule has 0 amide bonds. The minimum Gasteiger partial charge on any atom is -0.267 e. The lowest BCUT2D eigenvalue weighted by Gasteiger charge is -2.07.